The minimum absolute atomic E-state index is 0.265. The van der Waals surface area contributed by atoms with Crippen LogP contribution in [-0.2, 0) is 0 Å². The average molecular weight is 206 g/mol. The lowest BCUT2D eigenvalue weighted by molar-refractivity contribution is 0.639. The molecule has 0 saturated heterocycles. The zero-order chi connectivity index (χ0) is 10.1. The Bertz CT molecular complexity index is 510. The number of pyridine rings is 1. The van der Waals surface area contributed by atoms with Crippen molar-refractivity contribution in [2.24, 2.45) is 5.73 Å². The monoisotopic (exact) mass is 206 g/mol. The molecule has 1 heterocycles. The fourth-order valence-electron chi connectivity index (χ4n) is 1.37. The van der Waals surface area contributed by atoms with Crippen LogP contribution in [-0.4, -0.2) is 9.97 Å². The molecular formula is C10H7FN2S. The molecule has 0 spiro atoms. The van der Waals surface area contributed by atoms with E-state index in [9.17, 15) is 4.39 Å². The average Bonchev–Trinajstić information content (AvgIpc) is 2.18. The Labute approximate surface area is 85.6 Å². The van der Waals surface area contributed by atoms with Gasteiger partial charge >= 0.3 is 0 Å². The van der Waals surface area contributed by atoms with E-state index in [1.807, 2.05) is 0 Å². The molecule has 0 aliphatic rings. The Morgan fingerprint density at radius 1 is 1.29 bits per heavy atom. The fraction of sp³-hybridized carbons (Fsp3) is 0. The van der Waals surface area contributed by atoms with Gasteiger partial charge in [0.25, 0.3) is 0 Å². The molecule has 14 heavy (non-hydrogen) atoms. The molecule has 1 aromatic heterocycles. The van der Waals surface area contributed by atoms with Gasteiger partial charge in [-0.25, -0.2) is 4.39 Å². The van der Waals surface area contributed by atoms with Gasteiger partial charge in [0.15, 0.2) is 0 Å². The molecule has 0 amide bonds. The highest BCUT2D eigenvalue weighted by molar-refractivity contribution is 7.80. The van der Waals surface area contributed by atoms with Gasteiger partial charge in [0.05, 0.1) is 0 Å². The van der Waals surface area contributed by atoms with Crippen molar-refractivity contribution in [3.8, 4) is 0 Å². The summed E-state index contributed by atoms with van der Waals surface area (Å²) in [4.78, 5) is 4.12. The van der Waals surface area contributed by atoms with Crippen molar-refractivity contribution in [1.82, 2.24) is 4.98 Å². The van der Waals surface area contributed by atoms with Crippen molar-refractivity contribution in [3.05, 3.63) is 42.0 Å². The minimum Gasteiger partial charge on any atom is -0.389 e. The minimum atomic E-state index is -0.312. The molecule has 0 saturated carbocycles. The first-order valence-electron chi connectivity index (χ1n) is 4.02. The highest BCUT2D eigenvalue weighted by Crippen LogP contribution is 2.20. The van der Waals surface area contributed by atoms with Gasteiger partial charge in [0, 0.05) is 23.3 Å². The predicted molar refractivity (Wildman–Crippen MR) is 57.6 cm³/mol. The Hall–Kier alpha value is -1.55. The number of fused-ring (bicyclic) bond motifs is 1. The van der Waals surface area contributed by atoms with Crippen LogP contribution in [0.4, 0.5) is 4.39 Å². The summed E-state index contributed by atoms with van der Waals surface area (Å²) >= 11 is 4.87. The largest absolute Gasteiger partial charge is 0.389 e. The maximum Gasteiger partial charge on any atom is 0.132 e. The maximum atomic E-state index is 13.3. The van der Waals surface area contributed by atoms with Crippen LogP contribution in [0.15, 0.2) is 30.6 Å². The molecule has 0 aliphatic heterocycles. The Morgan fingerprint density at radius 3 is 2.79 bits per heavy atom. The third-order valence-corrected chi connectivity index (χ3v) is 2.25. The van der Waals surface area contributed by atoms with Gasteiger partial charge in [-0.05, 0) is 23.6 Å². The molecule has 0 unspecified atom stereocenters. The second kappa shape index (κ2) is 3.31. The number of nitrogens with two attached hydrogens (primary N) is 1. The summed E-state index contributed by atoms with van der Waals surface area (Å²) in [5, 5.41) is 1.14. The van der Waals surface area contributed by atoms with Crippen LogP contribution in [0.1, 0.15) is 5.56 Å². The van der Waals surface area contributed by atoms with Crippen LogP contribution in [0.5, 0.6) is 0 Å². The second-order valence-corrected chi connectivity index (χ2v) is 3.32. The van der Waals surface area contributed by atoms with Gasteiger partial charge in [0.2, 0.25) is 0 Å². The third kappa shape index (κ3) is 1.33. The van der Waals surface area contributed by atoms with Crippen molar-refractivity contribution in [3.63, 3.8) is 0 Å². The first-order chi connectivity index (χ1) is 6.70. The number of nitrogens with zero attached hydrogens (tertiary/aromatic N) is 1. The van der Waals surface area contributed by atoms with Gasteiger partial charge in [-0.2, -0.15) is 0 Å². The van der Waals surface area contributed by atoms with Gasteiger partial charge in [-0.1, -0.05) is 12.2 Å². The molecule has 1 aromatic carbocycles. The van der Waals surface area contributed by atoms with Crippen molar-refractivity contribution in [2.45, 2.75) is 0 Å². The normalized spacial score (nSPS) is 10.4. The van der Waals surface area contributed by atoms with Crippen LogP contribution in [0.25, 0.3) is 10.8 Å². The van der Waals surface area contributed by atoms with Crippen molar-refractivity contribution in [2.75, 3.05) is 0 Å². The summed E-state index contributed by atoms with van der Waals surface area (Å²) in [5.41, 5.74) is 6.20. The Balaban J connectivity index is 2.88. The van der Waals surface area contributed by atoms with Crippen LogP contribution in [0, 0.1) is 5.82 Å². The molecule has 2 aromatic rings. The van der Waals surface area contributed by atoms with Crippen molar-refractivity contribution >= 4 is 28.0 Å². The standard InChI is InChI=1S/C10H7FN2S/c11-9-2-1-7(10(12)14)6-3-4-13-5-8(6)9/h1-5H,(H2,12,14). The molecule has 0 fully saturated rings. The Kier molecular flexibility index (Phi) is 2.13. The SMILES string of the molecule is NC(=S)c1ccc(F)c2cnccc12. The molecule has 2 nitrogen and oxygen atoms in total. The summed E-state index contributed by atoms with van der Waals surface area (Å²) < 4.78 is 13.3. The highest BCUT2D eigenvalue weighted by atomic mass is 32.1. The van der Waals surface area contributed by atoms with E-state index in [-0.39, 0.29) is 10.8 Å². The molecule has 0 radical (unpaired) electrons. The summed E-state index contributed by atoms with van der Waals surface area (Å²) in [6.45, 7) is 0. The van der Waals surface area contributed by atoms with E-state index in [0.717, 1.165) is 0 Å². The predicted octanol–water partition coefficient (Wildman–Crippen LogP) is 2.01. The molecular weight excluding hydrogens is 199 g/mol. The fourth-order valence-corrected chi connectivity index (χ4v) is 1.55. The highest BCUT2D eigenvalue weighted by Gasteiger charge is 2.06. The zero-order valence-electron chi connectivity index (χ0n) is 7.20. The number of thiocarbonyl (C=S) groups is 1. The van der Waals surface area contributed by atoms with Crippen LogP contribution in [0.2, 0.25) is 0 Å². The number of aromatic nitrogens is 1. The molecule has 70 valence electrons. The van der Waals surface area contributed by atoms with Crippen LogP contribution < -0.4 is 5.73 Å². The summed E-state index contributed by atoms with van der Waals surface area (Å²) in [6, 6.07) is 4.63. The molecule has 0 aliphatic carbocycles. The summed E-state index contributed by atoms with van der Waals surface area (Å²) in [5.74, 6) is -0.312. The third-order valence-electron chi connectivity index (χ3n) is 2.03. The van der Waals surface area contributed by atoms with Gasteiger partial charge in [0.1, 0.15) is 10.8 Å². The van der Waals surface area contributed by atoms with E-state index in [2.05, 4.69) is 4.98 Å². The zero-order valence-corrected chi connectivity index (χ0v) is 8.01. The second-order valence-electron chi connectivity index (χ2n) is 2.88. The number of benzene rings is 1. The molecule has 2 rings (SSSR count). The molecule has 0 bridgehead atoms. The van der Waals surface area contributed by atoms with E-state index < -0.39 is 0 Å². The van der Waals surface area contributed by atoms with E-state index in [4.69, 9.17) is 18.0 Å². The molecule has 2 N–H and O–H groups in total. The lowest BCUT2D eigenvalue weighted by atomic mass is 10.1. The maximum absolute atomic E-state index is 13.3. The molecule has 0 atom stereocenters. The van der Waals surface area contributed by atoms with E-state index >= 15 is 0 Å². The first-order valence-corrected chi connectivity index (χ1v) is 4.43. The lowest BCUT2D eigenvalue weighted by Crippen LogP contribution is -2.10. The first kappa shape index (κ1) is 9.02. The number of hydrogen-bond acceptors (Lipinski definition) is 2. The van der Waals surface area contributed by atoms with Gasteiger partial charge < -0.3 is 5.73 Å². The number of rotatable bonds is 1. The van der Waals surface area contributed by atoms with Crippen molar-refractivity contribution < 1.29 is 4.39 Å². The van der Waals surface area contributed by atoms with Crippen LogP contribution in [0.3, 0.4) is 0 Å². The van der Waals surface area contributed by atoms with Crippen LogP contribution >= 0.6 is 12.2 Å². The van der Waals surface area contributed by atoms with Gasteiger partial charge in [-0.3, -0.25) is 4.98 Å². The summed E-state index contributed by atoms with van der Waals surface area (Å²) in [7, 11) is 0. The lowest BCUT2D eigenvalue weighted by Gasteiger charge is -2.04. The quantitative estimate of drug-likeness (QED) is 0.725. The number of halogens is 1. The smallest absolute Gasteiger partial charge is 0.132 e. The topological polar surface area (TPSA) is 38.9 Å². The molecule has 4 heteroatoms. The Morgan fingerprint density at radius 2 is 2.07 bits per heavy atom. The van der Waals surface area contributed by atoms with E-state index in [1.54, 1.807) is 18.3 Å². The van der Waals surface area contributed by atoms with Gasteiger partial charge in [-0.15, -0.1) is 0 Å². The summed E-state index contributed by atoms with van der Waals surface area (Å²) in [6.07, 6.45) is 3.05. The van der Waals surface area contributed by atoms with E-state index in [0.29, 0.717) is 16.3 Å². The van der Waals surface area contributed by atoms with Crippen molar-refractivity contribution in [1.29, 1.82) is 0 Å². The number of hydrogen-bond donors (Lipinski definition) is 1. The van der Waals surface area contributed by atoms with E-state index in [1.165, 1.54) is 12.3 Å².